The number of nitrogens with one attached hydrogen (secondary N) is 1. The number of methoxy groups -OCH3 is 1. The van der Waals surface area contributed by atoms with Crippen molar-refractivity contribution in [3.8, 4) is 0 Å². The van der Waals surface area contributed by atoms with Gasteiger partial charge in [-0.3, -0.25) is 4.79 Å². The largest absolute Gasteiger partial charge is 0.469 e. The Bertz CT molecular complexity index is 425. The zero-order chi connectivity index (χ0) is 15.9. The monoisotopic (exact) mass is 293 g/mol. The molecule has 1 rings (SSSR count). The molecule has 0 aromatic heterocycles. The number of benzene rings is 1. The predicted octanol–water partition coefficient (Wildman–Crippen LogP) is 2.33. The van der Waals surface area contributed by atoms with Gasteiger partial charge >= 0.3 is 5.97 Å². The van der Waals surface area contributed by atoms with Gasteiger partial charge in [-0.25, -0.2) is 0 Å². The van der Waals surface area contributed by atoms with E-state index in [0.29, 0.717) is 13.0 Å². The van der Waals surface area contributed by atoms with Crippen LogP contribution >= 0.6 is 0 Å². The molecule has 21 heavy (non-hydrogen) atoms. The molecule has 0 fully saturated rings. The van der Waals surface area contributed by atoms with E-state index < -0.39 is 0 Å². The summed E-state index contributed by atoms with van der Waals surface area (Å²) in [5.74, 6) is -0.579. The Labute approximate surface area is 127 Å². The van der Waals surface area contributed by atoms with E-state index in [0.717, 1.165) is 5.56 Å². The maximum atomic E-state index is 12.0. The lowest BCUT2D eigenvalue weighted by atomic mass is 9.84. The van der Waals surface area contributed by atoms with E-state index in [1.54, 1.807) is 0 Å². The summed E-state index contributed by atoms with van der Waals surface area (Å²) in [7, 11) is 1.41. The van der Waals surface area contributed by atoms with Gasteiger partial charge in [-0.05, 0) is 17.4 Å². The molecule has 0 radical (unpaired) electrons. The van der Waals surface area contributed by atoms with E-state index in [1.165, 1.54) is 7.11 Å². The van der Waals surface area contributed by atoms with Gasteiger partial charge in [0.15, 0.2) is 0 Å². The topological polar surface area (TPSA) is 58.6 Å². The third-order valence-electron chi connectivity index (χ3n) is 3.72. The average Bonchev–Trinajstić information content (AvgIpc) is 2.46. The summed E-state index contributed by atoms with van der Waals surface area (Å²) in [5.41, 5.74) is 0.952. The summed E-state index contributed by atoms with van der Waals surface area (Å²) in [6.45, 7) is 6.99. The van der Waals surface area contributed by atoms with Gasteiger partial charge in [0.2, 0.25) is 0 Å². The number of rotatable bonds is 7. The molecule has 0 aliphatic heterocycles. The average molecular weight is 293 g/mol. The van der Waals surface area contributed by atoms with E-state index >= 15 is 0 Å². The van der Waals surface area contributed by atoms with E-state index in [2.05, 4.69) is 26.1 Å². The van der Waals surface area contributed by atoms with Gasteiger partial charge in [0.25, 0.3) is 0 Å². The highest BCUT2D eigenvalue weighted by Crippen LogP contribution is 2.23. The lowest BCUT2D eigenvalue weighted by molar-refractivity contribution is -0.142. The van der Waals surface area contributed by atoms with E-state index in [9.17, 15) is 9.90 Å². The molecule has 2 N–H and O–H groups in total. The second kappa shape index (κ2) is 8.15. The molecule has 0 saturated heterocycles. The molecule has 0 bridgehead atoms. The van der Waals surface area contributed by atoms with Crippen LogP contribution < -0.4 is 5.32 Å². The Morgan fingerprint density at radius 2 is 1.90 bits per heavy atom. The molecule has 4 nitrogen and oxygen atoms in total. The van der Waals surface area contributed by atoms with Crippen LogP contribution in [0.25, 0.3) is 0 Å². The highest BCUT2D eigenvalue weighted by atomic mass is 16.5. The molecular weight excluding hydrogens is 266 g/mol. The molecule has 0 saturated carbocycles. The molecule has 2 unspecified atom stereocenters. The maximum absolute atomic E-state index is 12.0. The van der Waals surface area contributed by atoms with E-state index in [4.69, 9.17) is 4.74 Å². The molecule has 0 amide bonds. The Morgan fingerprint density at radius 3 is 2.38 bits per heavy atom. The predicted molar refractivity (Wildman–Crippen MR) is 84.1 cm³/mol. The lowest BCUT2D eigenvalue weighted by Gasteiger charge is -2.32. The first-order valence-electron chi connectivity index (χ1n) is 7.37. The lowest BCUT2D eigenvalue weighted by Crippen LogP contribution is -2.43. The van der Waals surface area contributed by atoms with Crippen LogP contribution in [0.3, 0.4) is 0 Å². The number of esters is 1. The van der Waals surface area contributed by atoms with E-state index in [1.807, 2.05) is 30.3 Å². The number of aliphatic hydroxyl groups excluding tert-OH is 1. The van der Waals surface area contributed by atoms with E-state index in [-0.39, 0.29) is 30.0 Å². The summed E-state index contributed by atoms with van der Waals surface area (Å²) in [6.07, 6.45) is 0.659. The van der Waals surface area contributed by atoms with Gasteiger partial charge in [-0.1, -0.05) is 51.1 Å². The van der Waals surface area contributed by atoms with Crippen LogP contribution in [-0.2, 0) is 9.53 Å². The zero-order valence-electron chi connectivity index (χ0n) is 13.4. The normalized spacial score (nSPS) is 14.5. The molecule has 118 valence electrons. The molecule has 0 spiro atoms. The third-order valence-corrected chi connectivity index (χ3v) is 3.72. The van der Waals surface area contributed by atoms with Gasteiger partial charge in [-0.2, -0.15) is 0 Å². The van der Waals surface area contributed by atoms with Crippen molar-refractivity contribution < 1.29 is 14.6 Å². The van der Waals surface area contributed by atoms with Crippen molar-refractivity contribution in [1.82, 2.24) is 5.32 Å². The minimum absolute atomic E-state index is 0.0140. The van der Waals surface area contributed by atoms with Gasteiger partial charge in [0.1, 0.15) is 0 Å². The fourth-order valence-corrected chi connectivity index (χ4v) is 2.40. The third kappa shape index (κ3) is 5.48. The van der Waals surface area contributed by atoms with Crippen molar-refractivity contribution in [2.24, 2.45) is 5.41 Å². The molecule has 4 heteroatoms. The van der Waals surface area contributed by atoms with Gasteiger partial charge in [0.05, 0.1) is 13.0 Å². The smallest absolute Gasteiger partial charge is 0.314 e. The SMILES string of the molecule is COC(=O)C(CNC(CCO)C(C)(C)C)c1ccccc1. The van der Waals surface area contributed by atoms with Gasteiger partial charge in [0, 0.05) is 19.2 Å². The van der Waals surface area contributed by atoms with Gasteiger partial charge in [-0.15, -0.1) is 0 Å². The van der Waals surface area contributed by atoms with Crippen molar-refractivity contribution in [3.05, 3.63) is 35.9 Å². The number of ether oxygens (including phenoxy) is 1. The molecular formula is C17H27NO3. The fraction of sp³-hybridized carbons (Fsp3) is 0.588. The van der Waals surface area contributed by atoms with Crippen LogP contribution in [0.2, 0.25) is 0 Å². The number of hydrogen-bond acceptors (Lipinski definition) is 4. The molecule has 0 aliphatic carbocycles. The first kappa shape index (κ1) is 17.7. The number of carbonyl (C=O) groups excluding carboxylic acids is 1. The molecule has 0 heterocycles. The summed E-state index contributed by atoms with van der Waals surface area (Å²) in [6, 6.07) is 9.76. The second-order valence-corrected chi connectivity index (χ2v) is 6.33. The van der Waals surface area contributed by atoms with Crippen LogP contribution in [0.4, 0.5) is 0 Å². The van der Waals surface area contributed by atoms with Crippen molar-refractivity contribution in [3.63, 3.8) is 0 Å². The number of aliphatic hydroxyl groups is 1. The first-order valence-corrected chi connectivity index (χ1v) is 7.37. The first-order chi connectivity index (χ1) is 9.90. The fourth-order valence-electron chi connectivity index (χ4n) is 2.40. The maximum Gasteiger partial charge on any atom is 0.314 e. The molecule has 1 aromatic carbocycles. The van der Waals surface area contributed by atoms with Crippen LogP contribution in [0, 0.1) is 5.41 Å². The van der Waals surface area contributed by atoms with Gasteiger partial charge < -0.3 is 15.2 Å². The number of carbonyl (C=O) groups is 1. The Hall–Kier alpha value is -1.39. The summed E-state index contributed by atoms with van der Waals surface area (Å²) < 4.78 is 4.92. The molecule has 2 atom stereocenters. The van der Waals surface area contributed by atoms with Crippen molar-refractivity contribution >= 4 is 5.97 Å². The van der Waals surface area contributed by atoms with Crippen molar-refractivity contribution in [2.75, 3.05) is 20.3 Å². The van der Waals surface area contributed by atoms with Crippen LogP contribution in [0.5, 0.6) is 0 Å². The molecule has 0 aliphatic rings. The standard InChI is InChI=1S/C17H27NO3/c1-17(2,3)15(10-11-19)18-12-14(16(20)21-4)13-8-6-5-7-9-13/h5-9,14-15,18-19H,10-12H2,1-4H3. The summed E-state index contributed by atoms with van der Waals surface area (Å²) in [4.78, 5) is 12.0. The minimum Gasteiger partial charge on any atom is -0.469 e. The Balaban J connectivity index is 2.80. The highest BCUT2D eigenvalue weighted by Gasteiger charge is 2.27. The minimum atomic E-state index is -0.334. The van der Waals surface area contributed by atoms with Crippen LogP contribution in [0.1, 0.15) is 38.7 Å². The van der Waals surface area contributed by atoms with Crippen molar-refractivity contribution in [2.45, 2.75) is 39.2 Å². The summed E-state index contributed by atoms with van der Waals surface area (Å²) in [5, 5.41) is 12.6. The highest BCUT2D eigenvalue weighted by molar-refractivity contribution is 5.78. The molecule has 1 aromatic rings. The number of hydrogen-bond donors (Lipinski definition) is 2. The quantitative estimate of drug-likeness (QED) is 0.758. The summed E-state index contributed by atoms with van der Waals surface area (Å²) >= 11 is 0. The second-order valence-electron chi connectivity index (χ2n) is 6.33. The zero-order valence-corrected chi connectivity index (χ0v) is 13.4. The van der Waals surface area contributed by atoms with Crippen LogP contribution in [0.15, 0.2) is 30.3 Å². The Kier molecular flexibility index (Phi) is 6.85. The van der Waals surface area contributed by atoms with Crippen molar-refractivity contribution in [1.29, 1.82) is 0 Å². The van der Waals surface area contributed by atoms with Crippen LogP contribution in [-0.4, -0.2) is 37.4 Å². The Morgan fingerprint density at radius 1 is 1.29 bits per heavy atom.